The monoisotopic (exact) mass is 406 g/mol. The Labute approximate surface area is 166 Å². The Hall–Kier alpha value is -2.74. The Morgan fingerprint density at radius 2 is 1.86 bits per heavy atom. The minimum absolute atomic E-state index is 0.291. The van der Waals surface area contributed by atoms with E-state index in [0.717, 1.165) is 16.1 Å². The third-order valence-corrected chi connectivity index (χ3v) is 5.43. The molecule has 0 saturated carbocycles. The summed E-state index contributed by atoms with van der Waals surface area (Å²) in [5.74, 6) is 0.536. The number of sulfonamides is 1. The van der Waals surface area contributed by atoms with Crippen molar-refractivity contribution in [2.75, 3.05) is 30.1 Å². The summed E-state index contributed by atoms with van der Waals surface area (Å²) in [5, 5.41) is 2.77. The fourth-order valence-electron chi connectivity index (χ4n) is 2.95. The van der Waals surface area contributed by atoms with E-state index in [1.165, 1.54) is 14.2 Å². The minimum atomic E-state index is -3.70. The maximum Gasteiger partial charge on any atom is 0.248 e. The summed E-state index contributed by atoms with van der Waals surface area (Å²) in [6.45, 7) is 3.63. The van der Waals surface area contributed by atoms with Gasteiger partial charge in [-0.25, -0.2) is 8.42 Å². The standard InChI is InChI=1S/C20H26N2O5S/c1-6-18(22(28(5,24)25)15-9-7-8-14(2)12-15)20(23)21-17-13-16(26-3)10-11-19(17)27-4/h7-13,18H,6H2,1-5H3,(H,21,23)/t18-/m0/s1. The molecule has 0 spiro atoms. The molecular weight excluding hydrogens is 380 g/mol. The molecule has 2 aromatic rings. The first-order chi connectivity index (χ1) is 13.2. The molecule has 7 nitrogen and oxygen atoms in total. The molecule has 1 amide bonds. The van der Waals surface area contributed by atoms with Crippen molar-refractivity contribution in [3.63, 3.8) is 0 Å². The van der Waals surface area contributed by atoms with Gasteiger partial charge in [0.05, 0.1) is 31.9 Å². The van der Waals surface area contributed by atoms with Gasteiger partial charge in [0.2, 0.25) is 15.9 Å². The van der Waals surface area contributed by atoms with Crippen LogP contribution in [0.25, 0.3) is 0 Å². The Balaban J connectivity index is 2.43. The van der Waals surface area contributed by atoms with Gasteiger partial charge < -0.3 is 14.8 Å². The zero-order valence-electron chi connectivity index (χ0n) is 16.7. The van der Waals surface area contributed by atoms with Crippen LogP contribution in [-0.4, -0.2) is 40.8 Å². The molecule has 0 radical (unpaired) electrons. The van der Waals surface area contributed by atoms with E-state index in [4.69, 9.17) is 9.47 Å². The minimum Gasteiger partial charge on any atom is -0.497 e. The second kappa shape index (κ2) is 8.97. The summed E-state index contributed by atoms with van der Waals surface area (Å²) in [6.07, 6.45) is 1.39. The number of methoxy groups -OCH3 is 2. The summed E-state index contributed by atoms with van der Waals surface area (Å²) in [4.78, 5) is 13.0. The lowest BCUT2D eigenvalue weighted by Crippen LogP contribution is -2.47. The Kier molecular flexibility index (Phi) is 6.90. The molecule has 0 bridgehead atoms. The van der Waals surface area contributed by atoms with Gasteiger partial charge in [0.1, 0.15) is 17.5 Å². The van der Waals surface area contributed by atoms with Gasteiger partial charge in [0.25, 0.3) is 0 Å². The third kappa shape index (κ3) is 4.95. The van der Waals surface area contributed by atoms with Crippen molar-refractivity contribution in [3.05, 3.63) is 48.0 Å². The molecule has 0 saturated heterocycles. The summed E-state index contributed by atoms with van der Waals surface area (Å²) >= 11 is 0. The highest BCUT2D eigenvalue weighted by Gasteiger charge is 2.32. The average molecular weight is 407 g/mol. The number of benzene rings is 2. The smallest absolute Gasteiger partial charge is 0.248 e. The SMILES string of the molecule is CC[C@@H](C(=O)Nc1cc(OC)ccc1OC)N(c1cccc(C)c1)S(C)(=O)=O. The number of aryl methyl sites for hydroxylation is 1. The maximum absolute atomic E-state index is 13.0. The number of anilines is 2. The molecule has 0 unspecified atom stereocenters. The van der Waals surface area contributed by atoms with Crippen molar-refractivity contribution in [2.24, 2.45) is 0 Å². The normalized spacial score (nSPS) is 12.2. The molecule has 28 heavy (non-hydrogen) atoms. The highest BCUT2D eigenvalue weighted by atomic mass is 32.2. The van der Waals surface area contributed by atoms with E-state index in [2.05, 4.69) is 5.32 Å². The number of carbonyl (C=O) groups is 1. The topological polar surface area (TPSA) is 84.9 Å². The number of nitrogens with one attached hydrogen (secondary N) is 1. The number of rotatable bonds is 8. The van der Waals surface area contributed by atoms with Gasteiger partial charge in [-0.15, -0.1) is 0 Å². The summed E-state index contributed by atoms with van der Waals surface area (Å²) < 4.78 is 36.7. The van der Waals surface area contributed by atoms with Gasteiger partial charge in [-0.1, -0.05) is 19.1 Å². The van der Waals surface area contributed by atoms with Crippen LogP contribution >= 0.6 is 0 Å². The molecule has 0 aliphatic heterocycles. The third-order valence-electron chi connectivity index (χ3n) is 4.25. The van der Waals surface area contributed by atoms with Crippen LogP contribution in [0.1, 0.15) is 18.9 Å². The van der Waals surface area contributed by atoms with E-state index in [0.29, 0.717) is 29.3 Å². The second-order valence-electron chi connectivity index (χ2n) is 6.38. The van der Waals surface area contributed by atoms with Crippen LogP contribution in [0.2, 0.25) is 0 Å². The molecular formula is C20H26N2O5S. The zero-order chi connectivity index (χ0) is 20.9. The number of nitrogens with zero attached hydrogens (tertiary/aromatic N) is 1. The van der Waals surface area contributed by atoms with E-state index in [-0.39, 0.29) is 0 Å². The Bertz CT molecular complexity index is 943. The molecule has 0 fully saturated rings. The molecule has 152 valence electrons. The van der Waals surface area contributed by atoms with Crippen LogP contribution < -0.4 is 19.1 Å². The number of amides is 1. The van der Waals surface area contributed by atoms with Crippen LogP contribution in [0, 0.1) is 6.92 Å². The van der Waals surface area contributed by atoms with Gasteiger partial charge in [0.15, 0.2) is 0 Å². The van der Waals surface area contributed by atoms with Crippen molar-refractivity contribution in [1.82, 2.24) is 0 Å². The lowest BCUT2D eigenvalue weighted by Gasteiger charge is -2.30. The fourth-order valence-corrected chi connectivity index (χ4v) is 4.16. The summed E-state index contributed by atoms with van der Waals surface area (Å²) in [6, 6.07) is 11.1. The quantitative estimate of drug-likeness (QED) is 0.728. The number of hydrogen-bond acceptors (Lipinski definition) is 5. The highest BCUT2D eigenvalue weighted by Crippen LogP contribution is 2.30. The predicted molar refractivity (Wildman–Crippen MR) is 111 cm³/mol. The van der Waals surface area contributed by atoms with Gasteiger partial charge in [0, 0.05) is 6.07 Å². The second-order valence-corrected chi connectivity index (χ2v) is 8.24. The van der Waals surface area contributed by atoms with Crippen LogP contribution in [0.3, 0.4) is 0 Å². The first kappa shape index (κ1) is 21.6. The molecule has 8 heteroatoms. The summed E-state index contributed by atoms with van der Waals surface area (Å²) in [5.41, 5.74) is 1.75. The number of carbonyl (C=O) groups excluding carboxylic acids is 1. The summed E-state index contributed by atoms with van der Waals surface area (Å²) in [7, 11) is -0.686. The van der Waals surface area contributed by atoms with E-state index in [1.54, 1.807) is 43.3 Å². The largest absolute Gasteiger partial charge is 0.497 e. The fraction of sp³-hybridized carbons (Fsp3) is 0.350. The Morgan fingerprint density at radius 3 is 2.39 bits per heavy atom. The molecule has 0 heterocycles. The van der Waals surface area contributed by atoms with Gasteiger partial charge in [-0.2, -0.15) is 0 Å². The molecule has 2 rings (SSSR count). The van der Waals surface area contributed by atoms with Crippen LogP contribution in [-0.2, 0) is 14.8 Å². The Morgan fingerprint density at radius 1 is 1.14 bits per heavy atom. The highest BCUT2D eigenvalue weighted by molar-refractivity contribution is 7.92. The van der Waals surface area contributed by atoms with Gasteiger partial charge >= 0.3 is 0 Å². The molecule has 2 aromatic carbocycles. The molecule has 0 aliphatic rings. The first-order valence-electron chi connectivity index (χ1n) is 8.80. The predicted octanol–water partition coefficient (Wildman–Crippen LogP) is 3.20. The first-order valence-corrected chi connectivity index (χ1v) is 10.6. The molecule has 1 N–H and O–H groups in total. The van der Waals surface area contributed by atoms with Crippen molar-refractivity contribution >= 4 is 27.3 Å². The van der Waals surface area contributed by atoms with E-state index >= 15 is 0 Å². The van der Waals surface area contributed by atoms with E-state index in [1.807, 2.05) is 13.0 Å². The van der Waals surface area contributed by atoms with Crippen molar-refractivity contribution < 1.29 is 22.7 Å². The van der Waals surface area contributed by atoms with Gasteiger partial charge in [-0.3, -0.25) is 9.10 Å². The van der Waals surface area contributed by atoms with Crippen molar-refractivity contribution in [1.29, 1.82) is 0 Å². The van der Waals surface area contributed by atoms with Crippen molar-refractivity contribution in [3.8, 4) is 11.5 Å². The van der Waals surface area contributed by atoms with Crippen LogP contribution in [0.4, 0.5) is 11.4 Å². The van der Waals surface area contributed by atoms with Crippen molar-refractivity contribution in [2.45, 2.75) is 26.3 Å². The molecule has 1 atom stereocenters. The lowest BCUT2D eigenvalue weighted by molar-refractivity contribution is -0.117. The van der Waals surface area contributed by atoms with Crippen LogP contribution in [0.5, 0.6) is 11.5 Å². The van der Waals surface area contributed by atoms with E-state index < -0.39 is 22.0 Å². The lowest BCUT2D eigenvalue weighted by atomic mass is 10.1. The van der Waals surface area contributed by atoms with Crippen LogP contribution in [0.15, 0.2) is 42.5 Å². The van der Waals surface area contributed by atoms with E-state index in [9.17, 15) is 13.2 Å². The number of ether oxygens (including phenoxy) is 2. The average Bonchev–Trinajstić information content (AvgIpc) is 2.64. The molecule has 0 aromatic heterocycles. The van der Waals surface area contributed by atoms with Gasteiger partial charge in [-0.05, 0) is 43.2 Å². The maximum atomic E-state index is 13.0. The zero-order valence-corrected chi connectivity index (χ0v) is 17.5. The number of hydrogen-bond donors (Lipinski definition) is 1. The molecule has 0 aliphatic carbocycles.